The Balaban J connectivity index is 2.02. The van der Waals surface area contributed by atoms with E-state index in [1.165, 1.54) is 25.9 Å². The molecule has 16 heavy (non-hydrogen) atoms. The fourth-order valence-electron chi connectivity index (χ4n) is 2.02. The van der Waals surface area contributed by atoms with Crippen LogP contribution in [-0.4, -0.2) is 50.8 Å². The summed E-state index contributed by atoms with van der Waals surface area (Å²) < 4.78 is 5.70. The molecular formula is C13H28N2O. The first kappa shape index (κ1) is 13.9. The van der Waals surface area contributed by atoms with Gasteiger partial charge < -0.3 is 15.0 Å². The molecule has 0 spiro atoms. The van der Waals surface area contributed by atoms with Crippen LogP contribution in [0.5, 0.6) is 0 Å². The van der Waals surface area contributed by atoms with E-state index in [1.54, 1.807) is 0 Å². The molecule has 1 aliphatic heterocycles. The summed E-state index contributed by atoms with van der Waals surface area (Å²) in [6.45, 7) is 11.9. The molecule has 1 fully saturated rings. The Bertz CT molecular complexity index is 181. The summed E-state index contributed by atoms with van der Waals surface area (Å²) in [5, 5.41) is 3.35. The number of likely N-dealkylation sites (tertiary alicyclic amines) is 1. The minimum atomic E-state index is 0.291. The number of hydrogen-bond donors (Lipinski definition) is 1. The number of piperidine rings is 1. The van der Waals surface area contributed by atoms with E-state index in [-0.39, 0.29) is 0 Å². The number of nitrogens with zero attached hydrogens (tertiary/aromatic N) is 1. The topological polar surface area (TPSA) is 24.5 Å². The second kappa shape index (κ2) is 6.58. The van der Waals surface area contributed by atoms with Crippen molar-refractivity contribution in [2.24, 2.45) is 5.41 Å². The van der Waals surface area contributed by atoms with Crippen LogP contribution in [0.1, 0.15) is 33.6 Å². The Morgan fingerprint density at radius 1 is 1.25 bits per heavy atom. The standard InChI is InChI=1S/C13H28N2O/c1-13(2,3)11-16-10-9-15-7-5-12(14-4)6-8-15/h12,14H,5-11H2,1-4H3. The SMILES string of the molecule is CNC1CCN(CCOCC(C)(C)C)CC1. The van der Waals surface area contributed by atoms with Crippen molar-refractivity contribution in [1.29, 1.82) is 0 Å². The van der Waals surface area contributed by atoms with Crippen molar-refractivity contribution in [3.63, 3.8) is 0 Å². The lowest BCUT2D eigenvalue weighted by molar-refractivity contribution is 0.0495. The van der Waals surface area contributed by atoms with E-state index in [9.17, 15) is 0 Å². The lowest BCUT2D eigenvalue weighted by Crippen LogP contribution is -2.42. The summed E-state index contributed by atoms with van der Waals surface area (Å²) in [6.07, 6.45) is 2.55. The first-order valence-electron chi connectivity index (χ1n) is 6.48. The van der Waals surface area contributed by atoms with Crippen LogP contribution >= 0.6 is 0 Å². The Labute approximate surface area is 101 Å². The van der Waals surface area contributed by atoms with Crippen molar-refractivity contribution in [1.82, 2.24) is 10.2 Å². The van der Waals surface area contributed by atoms with Crippen molar-refractivity contribution < 1.29 is 4.74 Å². The second-order valence-electron chi connectivity index (χ2n) is 6.02. The molecule has 0 aromatic rings. The molecule has 96 valence electrons. The smallest absolute Gasteiger partial charge is 0.0593 e. The van der Waals surface area contributed by atoms with E-state index in [0.717, 1.165) is 25.8 Å². The number of rotatable bonds is 5. The van der Waals surface area contributed by atoms with Crippen LogP contribution in [0.4, 0.5) is 0 Å². The summed E-state index contributed by atoms with van der Waals surface area (Å²) in [4.78, 5) is 2.51. The van der Waals surface area contributed by atoms with Gasteiger partial charge in [0.25, 0.3) is 0 Å². The molecule has 0 saturated carbocycles. The van der Waals surface area contributed by atoms with E-state index < -0.39 is 0 Å². The van der Waals surface area contributed by atoms with Crippen LogP contribution in [0.25, 0.3) is 0 Å². The van der Waals surface area contributed by atoms with E-state index >= 15 is 0 Å². The first-order chi connectivity index (χ1) is 7.51. The molecule has 0 aliphatic carbocycles. The minimum absolute atomic E-state index is 0.291. The maximum atomic E-state index is 5.70. The zero-order chi connectivity index (χ0) is 12.0. The molecule has 1 saturated heterocycles. The van der Waals surface area contributed by atoms with Gasteiger partial charge in [-0.1, -0.05) is 20.8 Å². The monoisotopic (exact) mass is 228 g/mol. The van der Waals surface area contributed by atoms with Gasteiger partial charge in [-0.25, -0.2) is 0 Å². The van der Waals surface area contributed by atoms with E-state index in [4.69, 9.17) is 4.74 Å². The maximum absolute atomic E-state index is 5.70. The maximum Gasteiger partial charge on any atom is 0.0593 e. The molecule has 1 rings (SSSR count). The molecule has 1 heterocycles. The van der Waals surface area contributed by atoms with Gasteiger partial charge in [-0.2, -0.15) is 0 Å². The third-order valence-electron chi connectivity index (χ3n) is 3.08. The second-order valence-corrected chi connectivity index (χ2v) is 6.02. The summed E-state index contributed by atoms with van der Waals surface area (Å²) in [7, 11) is 2.06. The molecule has 0 bridgehead atoms. The minimum Gasteiger partial charge on any atom is -0.380 e. The Morgan fingerprint density at radius 3 is 2.38 bits per heavy atom. The number of hydrogen-bond acceptors (Lipinski definition) is 3. The van der Waals surface area contributed by atoms with Crippen LogP contribution in [0.2, 0.25) is 0 Å². The van der Waals surface area contributed by atoms with Gasteiger partial charge in [0.2, 0.25) is 0 Å². The Hall–Kier alpha value is -0.120. The third-order valence-corrected chi connectivity index (χ3v) is 3.08. The average Bonchev–Trinajstić information content (AvgIpc) is 2.24. The summed E-state index contributed by atoms with van der Waals surface area (Å²) in [5.41, 5.74) is 0.291. The quantitative estimate of drug-likeness (QED) is 0.725. The van der Waals surface area contributed by atoms with Crippen LogP contribution < -0.4 is 5.32 Å². The molecule has 0 aromatic heterocycles. The number of ether oxygens (including phenoxy) is 1. The predicted molar refractivity (Wildman–Crippen MR) is 68.8 cm³/mol. The molecule has 0 atom stereocenters. The average molecular weight is 228 g/mol. The van der Waals surface area contributed by atoms with Crippen LogP contribution in [-0.2, 0) is 4.74 Å². The largest absolute Gasteiger partial charge is 0.380 e. The molecule has 1 aliphatic rings. The van der Waals surface area contributed by atoms with Crippen molar-refractivity contribution in [3.8, 4) is 0 Å². The summed E-state index contributed by atoms with van der Waals surface area (Å²) in [6, 6.07) is 0.728. The zero-order valence-electron chi connectivity index (χ0n) is 11.4. The molecule has 3 heteroatoms. The van der Waals surface area contributed by atoms with Crippen molar-refractivity contribution in [3.05, 3.63) is 0 Å². The van der Waals surface area contributed by atoms with Crippen molar-refractivity contribution >= 4 is 0 Å². The molecule has 3 nitrogen and oxygen atoms in total. The highest BCUT2D eigenvalue weighted by Crippen LogP contribution is 2.13. The van der Waals surface area contributed by atoms with Gasteiger partial charge in [0.05, 0.1) is 13.2 Å². The fraction of sp³-hybridized carbons (Fsp3) is 1.00. The Kier molecular flexibility index (Phi) is 5.73. The molecule has 0 amide bonds. The molecule has 0 radical (unpaired) electrons. The van der Waals surface area contributed by atoms with E-state index in [2.05, 4.69) is 38.0 Å². The van der Waals surface area contributed by atoms with Crippen LogP contribution in [0, 0.1) is 5.41 Å². The van der Waals surface area contributed by atoms with Gasteiger partial charge in [-0.15, -0.1) is 0 Å². The van der Waals surface area contributed by atoms with Gasteiger partial charge in [0.15, 0.2) is 0 Å². The predicted octanol–water partition coefficient (Wildman–Crippen LogP) is 1.73. The lowest BCUT2D eigenvalue weighted by Gasteiger charge is -2.31. The van der Waals surface area contributed by atoms with Gasteiger partial charge in [0, 0.05) is 12.6 Å². The highest BCUT2D eigenvalue weighted by Gasteiger charge is 2.17. The van der Waals surface area contributed by atoms with Gasteiger partial charge in [0.1, 0.15) is 0 Å². The number of nitrogens with one attached hydrogen (secondary N) is 1. The van der Waals surface area contributed by atoms with Crippen molar-refractivity contribution in [2.45, 2.75) is 39.7 Å². The zero-order valence-corrected chi connectivity index (χ0v) is 11.4. The third kappa shape index (κ3) is 5.83. The lowest BCUT2D eigenvalue weighted by atomic mass is 9.99. The van der Waals surface area contributed by atoms with Crippen LogP contribution in [0.3, 0.4) is 0 Å². The van der Waals surface area contributed by atoms with E-state index in [1.807, 2.05) is 0 Å². The summed E-state index contributed by atoms with van der Waals surface area (Å²) >= 11 is 0. The van der Waals surface area contributed by atoms with E-state index in [0.29, 0.717) is 5.41 Å². The van der Waals surface area contributed by atoms with Gasteiger partial charge in [-0.3, -0.25) is 0 Å². The summed E-state index contributed by atoms with van der Waals surface area (Å²) in [5.74, 6) is 0. The normalized spacial score (nSPS) is 20.2. The fourth-order valence-corrected chi connectivity index (χ4v) is 2.02. The molecule has 0 unspecified atom stereocenters. The Morgan fingerprint density at radius 2 is 1.88 bits per heavy atom. The molecular weight excluding hydrogens is 200 g/mol. The van der Waals surface area contributed by atoms with Crippen molar-refractivity contribution in [2.75, 3.05) is 39.9 Å². The molecule has 1 N–H and O–H groups in total. The van der Waals surface area contributed by atoms with Gasteiger partial charge >= 0.3 is 0 Å². The first-order valence-corrected chi connectivity index (χ1v) is 6.48. The molecule has 0 aromatic carbocycles. The highest BCUT2D eigenvalue weighted by atomic mass is 16.5. The van der Waals surface area contributed by atoms with Crippen LogP contribution in [0.15, 0.2) is 0 Å². The highest BCUT2D eigenvalue weighted by molar-refractivity contribution is 4.75. The van der Waals surface area contributed by atoms with Gasteiger partial charge in [-0.05, 0) is 38.4 Å².